The number of rotatable bonds is 2. The highest BCUT2D eigenvalue weighted by Gasteiger charge is 2.48. The van der Waals surface area contributed by atoms with Crippen molar-refractivity contribution in [3.63, 3.8) is 0 Å². The molecule has 24 heavy (non-hydrogen) atoms. The number of likely N-dealkylation sites (tertiary alicyclic amines) is 2. The predicted molar refractivity (Wildman–Crippen MR) is 86.7 cm³/mol. The van der Waals surface area contributed by atoms with Gasteiger partial charge in [0, 0.05) is 31.6 Å². The number of alkyl carbamates (subject to hydrolysis) is 1. The number of carbonyl (C=O) groups excluding carboxylic acids is 2. The van der Waals surface area contributed by atoms with Crippen LogP contribution in [0.3, 0.4) is 0 Å². The Morgan fingerprint density at radius 1 is 1.12 bits per heavy atom. The van der Waals surface area contributed by atoms with E-state index in [4.69, 9.17) is 9.84 Å². The summed E-state index contributed by atoms with van der Waals surface area (Å²) in [6.45, 7) is 9.22. The summed E-state index contributed by atoms with van der Waals surface area (Å²) in [6, 6.07) is -0.642. The van der Waals surface area contributed by atoms with Gasteiger partial charge in [0.2, 0.25) is 5.91 Å². The van der Waals surface area contributed by atoms with Gasteiger partial charge in [-0.15, -0.1) is 0 Å². The van der Waals surface area contributed by atoms with Crippen LogP contribution in [0.25, 0.3) is 0 Å². The van der Waals surface area contributed by atoms with Crippen LogP contribution in [0.2, 0.25) is 0 Å². The zero-order valence-corrected chi connectivity index (χ0v) is 14.8. The molecule has 2 saturated heterocycles. The van der Waals surface area contributed by atoms with Gasteiger partial charge < -0.3 is 25.0 Å². The second-order valence-corrected chi connectivity index (χ2v) is 7.83. The van der Waals surface area contributed by atoms with E-state index in [0.29, 0.717) is 26.2 Å². The van der Waals surface area contributed by atoms with Crippen LogP contribution in [0.15, 0.2) is 0 Å². The van der Waals surface area contributed by atoms with Crippen molar-refractivity contribution in [3.05, 3.63) is 0 Å². The molecule has 0 unspecified atom stereocenters. The molecule has 2 fully saturated rings. The maximum atomic E-state index is 12.4. The first-order chi connectivity index (χ1) is 11.0. The first-order valence-corrected chi connectivity index (χ1v) is 8.28. The third-order valence-electron chi connectivity index (χ3n) is 4.56. The molecule has 2 aliphatic heterocycles. The summed E-state index contributed by atoms with van der Waals surface area (Å²) in [5.41, 5.74) is -0.570. The van der Waals surface area contributed by atoms with Crippen molar-refractivity contribution in [2.24, 2.45) is 5.41 Å². The average Bonchev–Trinajstić information content (AvgIpc) is 2.41. The smallest absolute Gasteiger partial charge is 0.408 e. The minimum Gasteiger partial charge on any atom is -0.465 e. The average molecular weight is 341 g/mol. The van der Waals surface area contributed by atoms with Crippen LogP contribution < -0.4 is 5.32 Å². The van der Waals surface area contributed by atoms with Gasteiger partial charge in [0.05, 0.1) is 0 Å². The van der Waals surface area contributed by atoms with Gasteiger partial charge in [0.15, 0.2) is 0 Å². The van der Waals surface area contributed by atoms with Gasteiger partial charge in [-0.2, -0.15) is 0 Å². The van der Waals surface area contributed by atoms with E-state index in [1.165, 1.54) is 4.90 Å². The maximum absolute atomic E-state index is 12.4. The Hall–Kier alpha value is -1.99. The molecule has 2 N–H and O–H groups in total. The molecule has 2 aliphatic rings. The fourth-order valence-corrected chi connectivity index (χ4v) is 3.23. The standard InChI is InChI=1S/C16H27N3O5/c1-11(17-13(21)24-15(2,3)4)12(20)19-9-16(10-19)5-7-18(8-6-16)14(22)23/h11H,5-10H2,1-4H3,(H,17,21)(H,22,23)/t11-/m1/s1. The monoisotopic (exact) mass is 341 g/mol. The minimum atomic E-state index is -0.882. The lowest BCUT2D eigenvalue weighted by atomic mass is 9.72. The summed E-state index contributed by atoms with van der Waals surface area (Å²) in [6.07, 6.45) is 0.0640. The van der Waals surface area contributed by atoms with Crippen LogP contribution in [0.5, 0.6) is 0 Å². The third-order valence-corrected chi connectivity index (χ3v) is 4.56. The number of hydrogen-bond donors (Lipinski definition) is 2. The SMILES string of the molecule is C[C@@H](NC(=O)OC(C)(C)C)C(=O)N1CC2(CCN(C(=O)O)CC2)C1. The van der Waals surface area contributed by atoms with Crippen LogP contribution in [0.4, 0.5) is 9.59 Å². The molecule has 0 aliphatic carbocycles. The molecule has 0 radical (unpaired) electrons. The lowest BCUT2D eigenvalue weighted by molar-refractivity contribution is -0.148. The third kappa shape index (κ3) is 4.30. The number of carboxylic acid groups (broad SMARTS) is 1. The van der Waals surface area contributed by atoms with Crippen molar-refractivity contribution in [2.45, 2.75) is 52.2 Å². The van der Waals surface area contributed by atoms with E-state index in [1.54, 1.807) is 32.6 Å². The predicted octanol–water partition coefficient (Wildman–Crippen LogP) is 1.50. The number of piperidine rings is 1. The molecule has 1 atom stereocenters. The van der Waals surface area contributed by atoms with Crippen LogP contribution in [-0.4, -0.2) is 70.8 Å². The molecule has 0 saturated carbocycles. The number of ether oxygens (including phenoxy) is 1. The number of nitrogens with one attached hydrogen (secondary N) is 1. The summed E-state index contributed by atoms with van der Waals surface area (Å²) < 4.78 is 5.15. The molecule has 1 spiro atoms. The lowest BCUT2D eigenvalue weighted by Gasteiger charge is -2.54. The van der Waals surface area contributed by atoms with Gasteiger partial charge in [-0.3, -0.25) is 4.79 Å². The van der Waals surface area contributed by atoms with E-state index in [9.17, 15) is 14.4 Å². The quantitative estimate of drug-likeness (QED) is 0.793. The van der Waals surface area contributed by atoms with Crippen LogP contribution >= 0.6 is 0 Å². The van der Waals surface area contributed by atoms with E-state index in [1.807, 2.05) is 0 Å². The Balaban J connectivity index is 1.78. The highest BCUT2D eigenvalue weighted by Crippen LogP contribution is 2.40. The molecule has 0 bridgehead atoms. The van der Waals surface area contributed by atoms with Gasteiger partial charge in [0.25, 0.3) is 0 Å². The fourth-order valence-electron chi connectivity index (χ4n) is 3.23. The Labute approximate surface area is 142 Å². The second kappa shape index (κ2) is 6.49. The second-order valence-electron chi connectivity index (χ2n) is 7.83. The van der Waals surface area contributed by atoms with Crippen molar-refractivity contribution in [3.8, 4) is 0 Å². The summed E-state index contributed by atoms with van der Waals surface area (Å²) in [5.74, 6) is -0.132. The van der Waals surface area contributed by atoms with E-state index in [-0.39, 0.29) is 11.3 Å². The van der Waals surface area contributed by atoms with E-state index >= 15 is 0 Å². The summed E-state index contributed by atoms with van der Waals surface area (Å²) >= 11 is 0. The van der Waals surface area contributed by atoms with Gasteiger partial charge >= 0.3 is 12.2 Å². The highest BCUT2D eigenvalue weighted by molar-refractivity contribution is 5.86. The van der Waals surface area contributed by atoms with Crippen molar-refractivity contribution in [1.82, 2.24) is 15.1 Å². The number of amides is 3. The van der Waals surface area contributed by atoms with Crippen molar-refractivity contribution in [1.29, 1.82) is 0 Å². The molecule has 0 aromatic rings. The van der Waals surface area contributed by atoms with Gasteiger partial charge in [0.1, 0.15) is 11.6 Å². The summed E-state index contributed by atoms with van der Waals surface area (Å²) in [5, 5.41) is 11.5. The lowest BCUT2D eigenvalue weighted by Crippen LogP contribution is -2.64. The normalized spacial score (nSPS) is 21.0. The molecule has 136 valence electrons. The number of nitrogens with zero attached hydrogens (tertiary/aromatic N) is 2. The van der Waals surface area contributed by atoms with Gasteiger partial charge in [-0.05, 0) is 40.5 Å². The van der Waals surface area contributed by atoms with Crippen molar-refractivity contribution >= 4 is 18.1 Å². The number of hydrogen-bond acceptors (Lipinski definition) is 4. The number of carbonyl (C=O) groups is 3. The Morgan fingerprint density at radius 2 is 1.67 bits per heavy atom. The fraction of sp³-hybridized carbons (Fsp3) is 0.812. The molecule has 8 nitrogen and oxygen atoms in total. The molecule has 0 aromatic carbocycles. The molecule has 3 amide bonds. The topological polar surface area (TPSA) is 99.2 Å². The van der Waals surface area contributed by atoms with Crippen LogP contribution in [0.1, 0.15) is 40.5 Å². The minimum absolute atomic E-state index is 0.0350. The zero-order chi connectivity index (χ0) is 18.1. The van der Waals surface area contributed by atoms with Gasteiger partial charge in [-0.25, -0.2) is 9.59 Å². The largest absolute Gasteiger partial charge is 0.465 e. The zero-order valence-electron chi connectivity index (χ0n) is 14.8. The van der Waals surface area contributed by atoms with Crippen molar-refractivity contribution in [2.75, 3.05) is 26.2 Å². The van der Waals surface area contributed by atoms with Crippen LogP contribution in [0, 0.1) is 5.41 Å². The Bertz CT molecular complexity index is 512. The molecule has 2 heterocycles. The van der Waals surface area contributed by atoms with E-state index in [2.05, 4.69) is 5.32 Å². The molecule has 2 rings (SSSR count). The van der Waals surface area contributed by atoms with Gasteiger partial charge in [-0.1, -0.05) is 0 Å². The highest BCUT2D eigenvalue weighted by atomic mass is 16.6. The summed E-state index contributed by atoms with van der Waals surface area (Å²) in [7, 11) is 0. The first-order valence-electron chi connectivity index (χ1n) is 8.28. The van der Waals surface area contributed by atoms with E-state index in [0.717, 1.165) is 12.8 Å². The van der Waals surface area contributed by atoms with Crippen molar-refractivity contribution < 1.29 is 24.2 Å². The molecular formula is C16H27N3O5. The summed E-state index contributed by atoms with van der Waals surface area (Å²) in [4.78, 5) is 38.2. The first kappa shape index (κ1) is 18.4. The molecular weight excluding hydrogens is 314 g/mol. The Kier molecular flexibility index (Phi) is 4.96. The van der Waals surface area contributed by atoms with Crippen LogP contribution in [-0.2, 0) is 9.53 Å². The molecule has 8 heteroatoms. The maximum Gasteiger partial charge on any atom is 0.408 e. The molecule has 0 aromatic heterocycles. The van der Waals surface area contributed by atoms with E-state index < -0.39 is 23.8 Å². The Morgan fingerprint density at radius 3 is 2.12 bits per heavy atom.